The van der Waals surface area contributed by atoms with Gasteiger partial charge in [0.15, 0.2) is 17.5 Å². The molecule has 3 aromatic heterocycles. The maximum Gasteiger partial charge on any atom is 0.272 e. The Hall–Kier alpha value is -3.28. The number of pyridine rings is 1. The van der Waals surface area contributed by atoms with Gasteiger partial charge in [-0.05, 0) is 44.0 Å². The molecule has 0 saturated heterocycles. The Balaban J connectivity index is 1.27. The van der Waals surface area contributed by atoms with Crippen LogP contribution in [0.5, 0.6) is 5.75 Å². The number of aromatic nitrogens is 4. The summed E-state index contributed by atoms with van der Waals surface area (Å²) in [4.78, 5) is 38.9. The van der Waals surface area contributed by atoms with Gasteiger partial charge in [0.05, 0.1) is 11.4 Å². The molecule has 0 N–H and O–H groups in total. The summed E-state index contributed by atoms with van der Waals surface area (Å²) in [7, 11) is 1.74. The highest BCUT2D eigenvalue weighted by atomic mass is 35.5. The molecule has 0 bridgehead atoms. The SMILES string of the molecule is Cc1nn2c3c(nc2s1)CCN(C(=O)COc1ccc(C(=O)N(C)C2CC2)nc1Cl)C3c1ccc(Cl)cc1F. The van der Waals surface area contributed by atoms with Crippen molar-refractivity contribution in [3.05, 3.63) is 74.0 Å². The molecular formula is C26H23Cl2FN6O3S. The number of carbonyl (C=O) groups is 2. The van der Waals surface area contributed by atoms with E-state index >= 15 is 4.39 Å². The molecule has 39 heavy (non-hydrogen) atoms. The first-order chi connectivity index (χ1) is 18.7. The van der Waals surface area contributed by atoms with Crippen LogP contribution in [-0.2, 0) is 11.2 Å². The predicted octanol–water partition coefficient (Wildman–Crippen LogP) is 4.73. The largest absolute Gasteiger partial charge is 0.481 e. The smallest absolute Gasteiger partial charge is 0.272 e. The Morgan fingerprint density at radius 3 is 2.72 bits per heavy atom. The van der Waals surface area contributed by atoms with E-state index < -0.39 is 11.9 Å². The van der Waals surface area contributed by atoms with E-state index in [1.807, 2.05) is 6.92 Å². The molecule has 202 valence electrons. The highest BCUT2D eigenvalue weighted by molar-refractivity contribution is 7.16. The summed E-state index contributed by atoms with van der Waals surface area (Å²) < 4.78 is 22.7. The fraction of sp³-hybridized carbons (Fsp3) is 0.346. The lowest BCUT2D eigenvalue weighted by molar-refractivity contribution is -0.135. The van der Waals surface area contributed by atoms with E-state index in [1.54, 1.807) is 33.5 Å². The summed E-state index contributed by atoms with van der Waals surface area (Å²) in [5, 5.41) is 5.59. The number of rotatable bonds is 6. The van der Waals surface area contributed by atoms with E-state index in [9.17, 15) is 9.59 Å². The van der Waals surface area contributed by atoms with Crippen LogP contribution in [0.1, 0.15) is 51.3 Å². The molecule has 1 aliphatic heterocycles. The van der Waals surface area contributed by atoms with Gasteiger partial charge in [-0.2, -0.15) is 5.10 Å². The summed E-state index contributed by atoms with van der Waals surface area (Å²) in [6.45, 7) is 1.80. The van der Waals surface area contributed by atoms with Gasteiger partial charge < -0.3 is 14.5 Å². The first-order valence-corrected chi connectivity index (χ1v) is 13.9. The number of aryl methyl sites for hydroxylation is 1. The quantitative estimate of drug-likeness (QED) is 0.302. The maximum absolute atomic E-state index is 15.2. The van der Waals surface area contributed by atoms with Crippen molar-refractivity contribution >= 4 is 51.3 Å². The van der Waals surface area contributed by atoms with Gasteiger partial charge in [-0.15, -0.1) is 0 Å². The first kappa shape index (κ1) is 26.0. The molecule has 13 heteroatoms. The minimum atomic E-state index is -0.787. The molecule has 1 unspecified atom stereocenters. The van der Waals surface area contributed by atoms with Crippen molar-refractivity contribution in [1.82, 2.24) is 29.4 Å². The lowest BCUT2D eigenvalue weighted by Crippen LogP contribution is -2.43. The number of hydrogen-bond donors (Lipinski definition) is 0. The fourth-order valence-electron chi connectivity index (χ4n) is 4.85. The monoisotopic (exact) mass is 588 g/mol. The number of halogens is 3. The van der Waals surface area contributed by atoms with Gasteiger partial charge >= 0.3 is 0 Å². The summed E-state index contributed by atoms with van der Waals surface area (Å²) in [5.41, 5.74) is 1.89. The zero-order valence-corrected chi connectivity index (χ0v) is 23.4. The number of benzene rings is 1. The number of amides is 2. The number of hydrogen-bond acceptors (Lipinski definition) is 7. The third-order valence-corrected chi connectivity index (χ3v) is 8.28. The van der Waals surface area contributed by atoms with Gasteiger partial charge in [-0.1, -0.05) is 40.6 Å². The van der Waals surface area contributed by atoms with Crippen LogP contribution in [0.4, 0.5) is 4.39 Å². The van der Waals surface area contributed by atoms with E-state index in [-0.39, 0.29) is 51.6 Å². The molecular weight excluding hydrogens is 566 g/mol. The van der Waals surface area contributed by atoms with Crippen molar-refractivity contribution in [3.63, 3.8) is 0 Å². The molecule has 4 heterocycles. The highest BCUT2D eigenvalue weighted by Crippen LogP contribution is 2.38. The molecule has 1 aliphatic carbocycles. The molecule has 1 fully saturated rings. The second-order valence-corrected chi connectivity index (χ2v) is 11.5. The lowest BCUT2D eigenvalue weighted by Gasteiger charge is -2.35. The molecule has 0 radical (unpaired) electrons. The Bertz CT molecular complexity index is 1620. The van der Waals surface area contributed by atoms with Gasteiger partial charge in [0, 0.05) is 36.6 Å². The average Bonchev–Trinajstić information content (AvgIpc) is 3.61. The van der Waals surface area contributed by atoms with E-state index in [4.69, 9.17) is 32.9 Å². The van der Waals surface area contributed by atoms with Crippen molar-refractivity contribution in [1.29, 1.82) is 0 Å². The molecule has 2 aliphatic rings. The third-order valence-electron chi connectivity index (χ3n) is 6.95. The van der Waals surface area contributed by atoms with E-state index in [2.05, 4.69) is 10.1 Å². The van der Waals surface area contributed by atoms with Crippen molar-refractivity contribution in [2.24, 2.45) is 0 Å². The molecule has 1 atom stereocenters. The molecule has 4 aromatic rings. The van der Waals surface area contributed by atoms with Gasteiger partial charge in [0.1, 0.15) is 22.6 Å². The van der Waals surface area contributed by atoms with Crippen molar-refractivity contribution in [3.8, 4) is 5.75 Å². The molecule has 6 rings (SSSR count). The third kappa shape index (κ3) is 4.83. The van der Waals surface area contributed by atoms with Crippen LogP contribution >= 0.6 is 34.5 Å². The minimum Gasteiger partial charge on any atom is -0.481 e. The second kappa shape index (κ2) is 10.0. The van der Waals surface area contributed by atoms with E-state index in [0.717, 1.165) is 23.5 Å². The van der Waals surface area contributed by atoms with Crippen molar-refractivity contribution in [2.75, 3.05) is 20.2 Å². The van der Waals surface area contributed by atoms with Gasteiger partial charge in [0.25, 0.3) is 11.8 Å². The summed E-state index contributed by atoms with van der Waals surface area (Å²) in [6, 6.07) is 6.90. The molecule has 0 spiro atoms. The van der Waals surface area contributed by atoms with Crippen LogP contribution in [0.2, 0.25) is 10.2 Å². The number of ether oxygens (including phenoxy) is 1. The highest BCUT2D eigenvalue weighted by Gasteiger charge is 2.38. The first-order valence-electron chi connectivity index (χ1n) is 12.4. The molecule has 1 saturated carbocycles. The predicted molar refractivity (Wildman–Crippen MR) is 144 cm³/mol. The van der Waals surface area contributed by atoms with Crippen LogP contribution in [0.25, 0.3) is 4.96 Å². The summed E-state index contributed by atoms with van der Waals surface area (Å²) >= 11 is 13.8. The van der Waals surface area contributed by atoms with Crippen LogP contribution in [0, 0.1) is 12.7 Å². The second-order valence-electron chi connectivity index (χ2n) is 9.59. The van der Waals surface area contributed by atoms with E-state index in [1.165, 1.54) is 29.5 Å². The Morgan fingerprint density at radius 1 is 1.21 bits per heavy atom. The zero-order chi connectivity index (χ0) is 27.4. The number of fused-ring (bicyclic) bond motifs is 3. The maximum atomic E-state index is 15.2. The molecule has 1 aromatic carbocycles. The van der Waals surface area contributed by atoms with Crippen LogP contribution in [-0.4, -0.2) is 67.4 Å². The number of nitrogens with zero attached hydrogens (tertiary/aromatic N) is 6. The zero-order valence-electron chi connectivity index (χ0n) is 21.0. The Morgan fingerprint density at radius 2 is 2.00 bits per heavy atom. The normalized spacial score (nSPS) is 16.8. The summed E-state index contributed by atoms with van der Waals surface area (Å²) in [5.74, 6) is -0.968. The van der Waals surface area contributed by atoms with E-state index in [0.29, 0.717) is 23.6 Å². The number of imidazole rings is 1. The van der Waals surface area contributed by atoms with Crippen molar-refractivity contribution in [2.45, 2.75) is 38.3 Å². The van der Waals surface area contributed by atoms with Gasteiger partial charge in [-0.25, -0.2) is 18.9 Å². The lowest BCUT2D eigenvalue weighted by atomic mass is 9.95. The standard InChI is InChI=1S/C26H23Cl2FN6O3S/c1-13-32-35-23-18(31-26(35)39-13)9-10-34(22(23)16-6-3-14(27)11-17(16)29)21(36)12-38-20-8-7-19(30-24(20)28)25(37)33(2)15-4-5-15/h3,6-8,11,15,22H,4-5,9-10,12H2,1-2H3. The van der Waals surface area contributed by atoms with Crippen LogP contribution in [0.15, 0.2) is 30.3 Å². The Labute approximate surface area is 237 Å². The number of carbonyl (C=O) groups excluding carboxylic acids is 2. The van der Waals surface area contributed by atoms with Crippen LogP contribution in [0.3, 0.4) is 0 Å². The summed E-state index contributed by atoms with van der Waals surface area (Å²) in [6.07, 6.45) is 2.44. The molecule has 9 nitrogen and oxygen atoms in total. The van der Waals surface area contributed by atoms with Crippen LogP contribution < -0.4 is 4.74 Å². The van der Waals surface area contributed by atoms with Gasteiger partial charge in [0.2, 0.25) is 4.96 Å². The van der Waals surface area contributed by atoms with Gasteiger partial charge in [-0.3, -0.25) is 9.59 Å². The molecule has 2 amide bonds. The topological polar surface area (TPSA) is 92.9 Å². The fourth-order valence-corrected chi connectivity index (χ4v) is 5.98. The Kier molecular flexibility index (Phi) is 6.68. The van der Waals surface area contributed by atoms with Crippen molar-refractivity contribution < 1.29 is 18.7 Å². The minimum absolute atomic E-state index is 0.0190. The average molecular weight is 589 g/mol.